The average molecular weight is 406 g/mol. The third-order valence-corrected chi connectivity index (χ3v) is 6.38. The highest BCUT2D eigenvalue weighted by molar-refractivity contribution is 5.93. The summed E-state index contributed by atoms with van der Waals surface area (Å²) in [5, 5.41) is 11.8. The third kappa shape index (κ3) is 3.53. The van der Waals surface area contributed by atoms with Gasteiger partial charge in [0, 0.05) is 18.2 Å². The Kier molecular flexibility index (Phi) is 5.11. The maximum atomic E-state index is 13.1. The van der Waals surface area contributed by atoms with Crippen LogP contribution < -0.4 is 5.32 Å². The molecule has 0 bridgehead atoms. The molecule has 0 saturated heterocycles. The molecule has 0 unspecified atom stereocenters. The van der Waals surface area contributed by atoms with Crippen molar-refractivity contribution >= 4 is 5.91 Å². The van der Waals surface area contributed by atoms with Crippen molar-refractivity contribution in [2.75, 3.05) is 0 Å². The van der Waals surface area contributed by atoms with E-state index in [0.29, 0.717) is 23.5 Å². The van der Waals surface area contributed by atoms with Crippen molar-refractivity contribution in [2.45, 2.75) is 70.4 Å². The van der Waals surface area contributed by atoms with Crippen molar-refractivity contribution in [2.24, 2.45) is 0 Å². The van der Waals surface area contributed by atoms with Crippen LogP contribution in [0.2, 0.25) is 0 Å². The molecule has 1 amide bonds. The number of carbonyl (C=O) groups excluding carboxylic acids is 1. The molecule has 1 saturated carbocycles. The molecule has 7 nitrogen and oxygen atoms in total. The van der Waals surface area contributed by atoms with Crippen molar-refractivity contribution in [1.29, 1.82) is 0 Å². The lowest BCUT2D eigenvalue weighted by Crippen LogP contribution is -2.30. The summed E-state index contributed by atoms with van der Waals surface area (Å²) < 4.78 is 7.18. The molecule has 0 radical (unpaired) electrons. The van der Waals surface area contributed by atoms with Crippen LogP contribution in [0.3, 0.4) is 0 Å². The highest BCUT2D eigenvalue weighted by atomic mass is 16.5. The Morgan fingerprint density at radius 1 is 1.20 bits per heavy atom. The Hall–Kier alpha value is -2.96. The largest absolute Gasteiger partial charge is 0.344 e. The SMILES string of the molecule is CCc1nc(-c2ccc3c(c2)CC[C@H]3NC(=O)c2ccnn2C2CCCCC2)no1. The molecule has 1 atom stereocenters. The minimum atomic E-state index is -0.0363. The van der Waals surface area contributed by atoms with E-state index in [0.717, 1.165) is 37.7 Å². The van der Waals surface area contributed by atoms with E-state index in [-0.39, 0.29) is 11.9 Å². The molecule has 5 rings (SSSR count). The predicted molar refractivity (Wildman–Crippen MR) is 112 cm³/mol. The summed E-state index contributed by atoms with van der Waals surface area (Å²) in [7, 11) is 0. The van der Waals surface area contributed by atoms with Crippen LogP contribution in [-0.4, -0.2) is 25.8 Å². The van der Waals surface area contributed by atoms with E-state index in [1.54, 1.807) is 6.20 Å². The molecule has 1 N–H and O–H groups in total. The van der Waals surface area contributed by atoms with E-state index in [9.17, 15) is 4.79 Å². The van der Waals surface area contributed by atoms with Crippen molar-refractivity contribution < 1.29 is 9.32 Å². The van der Waals surface area contributed by atoms with Crippen LogP contribution in [0, 0.1) is 0 Å². The Balaban J connectivity index is 1.32. The summed E-state index contributed by atoms with van der Waals surface area (Å²) in [6.45, 7) is 1.99. The lowest BCUT2D eigenvalue weighted by molar-refractivity contribution is 0.0921. The van der Waals surface area contributed by atoms with Gasteiger partial charge in [-0.3, -0.25) is 9.48 Å². The standard InChI is InChI=1S/C23H27N5O2/c1-2-21-26-22(27-30-21)16-8-10-18-15(14-16)9-11-19(18)25-23(29)20-12-13-24-28(20)17-6-4-3-5-7-17/h8,10,12-14,17,19H,2-7,9,11H2,1H3,(H,25,29)/t19-/m1/s1. The van der Waals surface area contributed by atoms with Crippen molar-refractivity contribution in [3.8, 4) is 11.4 Å². The molecular formula is C23H27N5O2. The Bertz CT molecular complexity index is 1050. The average Bonchev–Trinajstić information content (AvgIpc) is 3.53. The van der Waals surface area contributed by atoms with Gasteiger partial charge in [0.25, 0.3) is 5.91 Å². The minimum absolute atomic E-state index is 0.0210. The second-order valence-electron chi connectivity index (χ2n) is 8.30. The molecule has 1 aromatic carbocycles. The van der Waals surface area contributed by atoms with Gasteiger partial charge in [-0.25, -0.2) is 0 Å². The van der Waals surface area contributed by atoms with Crippen LogP contribution in [0.4, 0.5) is 0 Å². The van der Waals surface area contributed by atoms with Crippen molar-refractivity contribution in [3.63, 3.8) is 0 Å². The highest BCUT2D eigenvalue weighted by Gasteiger charge is 2.27. The fourth-order valence-corrected chi connectivity index (χ4v) is 4.77. The molecule has 3 aromatic rings. The zero-order chi connectivity index (χ0) is 20.5. The summed E-state index contributed by atoms with van der Waals surface area (Å²) in [5.74, 6) is 1.23. The van der Waals surface area contributed by atoms with Gasteiger partial charge in [0.1, 0.15) is 5.69 Å². The number of nitrogens with zero attached hydrogens (tertiary/aromatic N) is 4. The number of rotatable bonds is 5. The van der Waals surface area contributed by atoms with Crippen molar-refractivity contribution in [3.05, 3.63) is 53.2 Å². The van der Waals surface area contributed by atoms with Crippen LogP contribution in [0.15, 0.2) is 35.0 Å². The molecule has 0 spiro atoms. The summed E-state index contributed by atoms with van der Waals surface area (Å²) >= 11 is 0. The number of benzene rings is 1. The first kappa shape index (κ1) is 19.0. The normalized spacial score (nSPS) is 19.0. The molecule has 2 aliphatic carbocycles. The summed E-state index contributed by atoms with van der Waals surface area (Å²) in [6.07, 6.45) is 10.2. The van der Waals surface area contributed by atoms with Gasteiger partial charge >= 0.3 is 0 Å². The number of fused-ring (bicyclic) bond motifs is 1. The maximum Gasteiger partial charge on any atom is 0.270 e. The first-order chi connectivity index (χ1) is 14.7. The fraction of sp³-hybridized carbons (Fsp3) is 0.478. The first-order valence-electron chi connectivity index (χ1n) is 11.0. The number of aromatic nitrogens is 4. The van der Waals surface area contributed by atoms with E-state index in [2.05, 4.69) is 32.7 Å². The van der Waals surface area contributed by atoms with E-state index < -0.39 is 0 Å². The van der Waals surface area contributed by atoms with E-state index >= 15 is 0 Å². The van der Waals surface area contributed by atoms with Gasteiger partial charge in [-0.1, -0.05) is 43.5 Å². The molecule has 30 heavy (non-hydrogen) atoms. The van der Waals surface area contributed by atoms with Gasteiger partial charge in [0.2, 0.25) is 11.7 Å². The number of nitrogens with one attached hydrogen (secondary N) is 1. The fourth-order valence-electron chi connectivity index (χ4n) is 4.77. The molecule has 156 valence electrons. The number of aryl methyl sites for hydroxylation is 2. The summed E-state index contributed by atoms with van der Waals surface area (Å²) in [5.41, 5.74) is 4.04. The first-order valence-corrected chi connectivity index (χ1v) is 11.0. The number of hydrogen-bond acceptors (Lipinski definition) is 5. The zero-order valence-electron chi connectivity index (χ0n) is 17.3. The van der Waals surface area contributed by atoms with Gasteiger partial charge in [0.15, 0.2) is 0 Å². The van der Waals surface area contributed by atoms with Crippen LogP contribution >= 0.6 is 0 Å². The Morgan fingerprint density at radius 3 is 2.87 bits per heavy atom. The molecule has 2 aliphatic rings. The third-order valence-electron chi connectivity index (χ3n) is 6.38. The van der Waals surface area contributed by atoms with Crippen LogP contribution in [0.25, 0.3) is 11.4 Å². The molecule has 7 heteroatoms. The molecule has 2 heterocycles. The van der Waals surface area contributed by atoms with Gasteiger partial charge < -0.3 is 9.84 Å². The highest BCUT2D eigenvalue weighted by Crippen LogP contribution is 2.34. The second kappa shape index (κ2) is 8.05. The lowest BCUT2D eigenvalue weighted by Gasteiger charge is -2.24. The molecule has 1 fully saturated rings. The van der Waals surface area contributed by atoms with Gasteiger partial charge in [-0.15, -0.1) is 0 Å². The monoisotopic (exact) mass is 405 g/mol. The van der Waals surface area contributed by atoms with E-state index in [1.807, 2.05) is 23.7 Å². The topological polar surface area (TPSA) is 85.8 Å². The molecule has 0 aliphatic heterocycles. The van der Waals surface area contributed by atoms with Gasteiger partial charge in [0.05, 0.1) is 12.1 Å². The number of hydrogen-bond donors (Lipinski definition) is 1. The second-order valence-corrected chi connectivity index (χ2v) is 8.30. The van der Waals surface area contributed by atoms with Crippen LogP contribution in [-0.2, 0) is 12.8 Å². The van der Waals surface area contributed by atoms with Crippen LogP contribution in [0.1, 0.15) is 85.0 Å². The summed E-state index contributed by atoms with van der Waals surface area (Å²) in [4.78, 5) is 17.5. The molecular weight excluding hydrogens is 378 g/mol. The number of amides is 1. The summed E-state index contributed by atoms with van der Waals surface area (Å²) in [6, 6.07) is 8.43. The van der Waals surface area contributed by atoms with Crippen LogP contribution in [0.5, 0.6) is 0 Å². The van der Waals surface area contributed by atoms with Crippen molar-refractivity contribution in [1.82, 2.24) is 25.2 Å². The minimum Gasteiger partial charge on any atom is -0.344 e. The zero-order valence-corrected chi connectivity index (χ0v) is 17.3. The number of carbonyl (C=O) groups is 1. The van der Waals surface area contributed by atoms with Gasteiger partial charge in [-0.05, 0) is 48.9 Å². The smallest absolute Gasteiger partial charge is 0.270 e. The van der Waals surface area contributed by atoms with Gasteiger partial charge in [-0.2, -0.15) is 10.1 Å². The molecule has 2 aromatic heterocycles. The Labute approximate surface area is 175 Å². The van der Waals surface area contributed by atoms with E-state index in [4.69, 9.17) is 4.52 Å². The predicted octanol–water partition coefficient (Wildman–Crippen LogP) is 4.42. The Morgan fingerprint density at radius 2 is 2.07 bits per heavy atom. The maximum absolute atomic E-state index is 13.1. The lowest BCUT2D eigenvalue weighted by atomic mass is 9.95. The quantitative estimate of drug-likeness (QED) is 0.679. The van der Waals surface area contributed by atoms with E-state index in [1.165, 1.54) is 30.4 Å².